The van der Waals surface area contributed by atoms with Gasteiger partial charge < -0.3 is 4.74 Å². The van der Waals surface area contributed by atoms with Gasteiger partial charge in [0.1, 0.15) is 5.60 Å². The molecule has 100 valence electrons. The first-order valence-corrected chi connectivity index (χ1v) is 5.93. The van der Waals surface area contributed by atoms with Gasteiger partial charge in [0.25, 0.3) is 0 Å². The van der Waals surface area contributed by atoms with Crippen LogP contribution in [0.1, 0.15) is 32.0 Å². The smallest absolute Gasteiger partial charge is 0.424 e. The van der Waals surface area contributed by atoms with Gasteiger partial charge in [0.15, 0.2) is 0 Å². The summed E-state index contributed by atoms with van der Waals surface area (Å²) in [4.78, 5) is 15.8. The summed E-state index contributed by atoms with van der Waals surface area (Å²) >= 11 is 5.85. The Hall–Kier alpha value is -1.33. The molecule has 0 saturated heterocycles. The van der Waals surface area contributed by atoms with Crippen molar-refractivity contribution in [3.05, 3.63) is 28.5 Å². The molecule has 0 atom stereocenters. The van der Waals surface area contributed by atoms with Crippen molar-refractivity contribution >= 4 is 17.7 Å². The van der Waals surface area contributed by atoms with Crippen LogP contribution in [0.5, 0.6) is 0 Å². The van der Waals surface area contributed by atoms with Crippen LogP contribution in [0.15, 0.2) is 12.3 Å². The first-order chi connectivity index (χ1) is 8.19. The Morgan fingerprint density at radius 2 is 2.17 bits per heavy atom. The van der Waals surface area contributed by atoms with Gasteiger partial charge in [0, 0.05) is 11.9 Å². The minimum atomic E-state index is -0.582. The van der Waals surface area contributed by atoms with E-state index in [-0.39, 0.29) is 6.54 Å². The molecule has 0 aliphatic rings. The molecule has 0 aliphatic carbocycles. The van der Waals surface area contributed by atoms with E-state index in [1.807, 2.05) is 6.92 Å². The van der Waals surface area contributed by atoms with Crippen LogP contribution in [0.2, 0.25) is 5.02 Å². The number of carbonyl (C=O) groups is 1. The Morgan fingerprint density at radius 1 is 1.56 bits per heavy atom. The third-order valence-electron chi connectivity index (χ3n) is 2.13. The number of aromatic nitrogens is 1. The maximum atomic E-state index is 11.7. The van der Waals surface area contributed by atoms with Gasteiger partial charge in [-0.15, -0.1) is 0 Å². The molecular formula is C12H18ClN3O2. The van der Waals surface area contributed by atoms with Crippen molar-refractivity contribution in [2.45, 2.75) is 39.8 Å². The lowest BCUT2D eigenvalue weighted by atomic mass is 10.2. The van der Waals surface area contributed by atoms with Crippen molar-refractivity contribution in [3.8, 4) is 0 Å². The highest BCUT2D eigenvalue weighted by molar-refractivity contribution is 6.30. The number of carbonyl (C=O) groups excluding carboxylic acids is 1. The highest BCUT2D eigenvalue weighted by Crippen LogP contribution is 2.15. The maximum Gasteiger partial charge on any atom is 0.424 e. The van der Waals surface area contributed by atoms with E-state index in [0.717, 1.165) is 16.3 Å². The number of ether oxygens (including phenoxy) is 1. The fourth-order valence-electron chi connectivity index (χ4n) is 1.28. The summed E-state index contributed by atoms with van der Waals surface area (Å²) in [6, 6.07) is 1.73. The minimum Gasteiger partial charge on any atom is -0.443 e. The number of hydrogen-bond donors (Lipinski definition) is 1. The summed E-state index contributed by atoms with van der Waals surface area (Å²) in [6.07, 6.45) is 0.969. The molecule has 5 nitrogen and oxygen atoms in total. The molecule has 2 N–H and O–H groups in total. The summed E-state index contributed by atoms with van der Waals surface area (Å²) in [7, 11) is 0. The van der Waals surface area contributed by atoms with E-state index in [1.165, 1.54) is 0 Å². The van der Waals surface area contributed by atoms with Crippen LogP contribution in [0.3, 0.4) is 0 Å². The number of halogens is 1. The average molecular weight is 272 g/mol. The van der Waals surface area contributed by atoms with Gasteiger partial charge in [-0.1, -0.05) is 11.6 Å². The van der Waals surface area contributed by atoms with E-state index in [4.69, 9.17) is 22.2 Å². The minimum absolute atomic E-state index is 0.203. The third kappa shape index (κ3) is 4.50. The number of nitrogens with two attached hydrogens (primary N) is 1. The number of hydrogen-bond acceptors (Lipinski definition) is 4. The zero-order valence-electron chi connectivity index (χ0n) is 11.0. The van der Waals surface area contributed by atoms with Crippen LogP contribution in [0, 0.1) is 6.92 Å². The number of amides is 1. The molecule has 6 heteroatoms. The van der Waals surface area contributed by atoms with Crippen LogP contribution in [0.25, 0.3) is 0 Å². The predicted molar refractivity (Wildman–Crippen MR) is 69.9 cm³/mol. The Balaban J connectivity index is 2.72. The Labute approximate surface area is 112 Å². The van der Waals surface area contributed by atoms with Crippen molar-refractivity contribution in [3.63, 3.8) is 0 Å². The van der Waals surface area contributed by atoms with Gasteiger partial charge >= 0.3 is 6.09 Å². The van der Waals surface area contributed by atoms with E-state index in [9.17, 15) is 4.79 Å². The molecule has 0 fully saturated rings. The molecule has 0 saturated carbocycles. The lowest BCUT2D eigenvalue weighted by Crippen LogP contribution is -2.41. The second-order valence-electron chi connectivity index (χ2n) is 5.01. The first-order valence-electron chi connectivity index (χ1n) is 5.55. The fraction of sp³-hybridized carbons (Fsp3) is 0.500. The second kappa shape index (κ2) is 5.54. The third-order valence-corrected chi connectivity index (χ3v) is 2.33. The second-order valence-corrected chi connectivity index (χ2v) is 5.44. The van der Waals surface area contributed by atoms with Crippen LogP contribution in [0.4, 0.5) is 4.79 Å². The van der Waals surface area contributed by atoms with Crippen LogP contribution in [-0.4, -0.2) is 21.7 Å². The number of hydrazine groups is 1. The monoisotopic (exact) mass is 271 g/mol. The summed E-state index contributed by atoms with van der Waals surface area (Å²) in [5.41, 5.74) is 0.991. The molecule has 1 rings (SSSR count). The van der Waals surface area contributed by atoms with E-state index < -0.39 is 11.7 Å². The van der Waals surface area contributed by atoms with Gasteiger partial charge in [-0.05, 0) is 39.3 Å². The molecule has 1 aromatic heterocycles. The quantitative estimate of drug-likeness (QED) is 0.510. The highest BCUT2D eigenvalue weighted by Gasteiger charge is 2.20. The fourth-order valence-corrected chi connectivity index (χ4v) is 1.46. The van der Waals surface area contributed by atoms with E-state index in [1.54, 1.807) is 33.0 Å². The Morgan fingerprint density at radius 3 is 2.72 bits per heavy atom. The number of aryl methyl sites for hydroxylation is 1. The molecule has 1 heterocycles. The lowest BCUT2D eigenvalue weighted by molar-refractivity contribution is 0.0231. The van der Waals surface area contributed by atoms with Gasteiger partial charge in [0.2, 0.25) is 0 Å². The summed E-state index contributed by atoms with van der Waals surface area (Å²) in [5, 5.41) is 1.51. The number of pyridine rings is 1. The molecule has 0 radical (unpaired) electrons. The van der Waals surface area contributed by atoms with E-state index in [0.29, 0.717) is 5.02 Å². The van der Waals surface area contributed by atoms with E-state index in [2.05, 4.69) is 4.98 Å². The molecule has 0 unspecified atom stereocenters. The molecule has 1 aromatic rings. The zero-order valence-corrected chi connectivity index (χ0v) is 11.8. The van der Waals surface area contributed by atoms with Crippen molar-refractivity contribution in [2.24, 2.45) is 5.84 Å². The topological polar surface area (TPSA) is 68.5 Å². The standard InChI is InChI=1S/C12H18ClN3O2/c1-8-9(5-10(13)6-15-8)7-16(14)11(17)18-12(2,3)4/h5-6H,7,14H2,1-4H3. The van der Waals surface area contributed by atoms with Crippen LogP contribution >= 0.6 is 11.6 Å². The number of nitrogens with zero attached hydrogens (tertiary/aromatic N) is 2. The molecule has 18 heavy (non-hydrogen) atoms. The van der Waals surface area contributed by atoms with Gasteiger partial charge in [-0.3, -0.25) is 4.98 Å². The number of rotatable bonds is 2. The van der Waals surface area contributed by atoms with Crippen molar-refractivity contribution < 1.29 is 9.53 Å². The molecular weight excluding hydrogens is 254 g/mol. The molecule has 0 aliphatic heterocycles. The van der Waals surface area contributed by atoms with Crippen molar-refractivity contribution in [1.29, 1.82) is 0 Å². The first kappa shape index (κ1) is 14.7. The normalized spacial score (nSPS) is 11.2. The largest absolute Gasteiger partial charge is 0.443 e. The van der Waals surface area contributed by atoms with Crippen LogP contribution in [-0.2, 0) is 11.3 Å². The van der Waals surface area contributed by atoms with Crippen LogP contribution < -0.4 is 5.84 Å². The Kier molecular flexibility index (Phi) is 4.53. The van der Waals surface area contributed by atoms with Gasteiger partial charge in [-0.25, -0.2) is 15.6 Å². The van der Waals surface area contributed by atoms with Gasteiger partial charge in [0.05, 0.1) is 11.6 Å². The maximum absolute atomic E-state index is 11.7. The lowest BCUT2D eigenvalue weighted by Gasteiger charge is -2.24. The van der Waals surface area contributed by atoms with Crippen molar-refractivity contribution in [1.82, 2.24) is 9.99 Å². The summed E-state index contributed by atoms with van der Waals surface area (Å²) in [6.45, 7) is 7.38. The summed E-state index contributed by atoms with van der Waals surface area (Å²) in [5.74, 6) is 5.66. The Bertz CT molecular complexity index is 443. The van der Waals surface area contributed by atoms with E-state index >= 15 is 0 Å². The summed E-state index contributed by atoms with van der Waals surface area (Å²) < 4.78 is 5.15. The average Bonchev–Trinajstić information content (AvgIpc) is 2.21. The highest BCUT2D eigenvalue weighted by atomic mass is 35.5. The zero-order chi connectivity index (χ0) is 13.9. The molecule has 0 spiro atoms. The molecule has 1 amide bonds. The van der Waals surface area contributed by atoms with Gasteiger partial charge in [-0.2, -0.15) is 0 Å². The SMILES string of the molecule is Cc1ncc(Cl)cc1CN(N)C(=O)OC(C)(C)C. The molecule has 0 bridgehead atoms. The van der Waals surface area contributed by atoms with Crippen molar-refractivity contribution in [2.75, 3.05) is 0 Å². The predicted octanol–water partition coefficient (Wildman–Crippen LogP) is 2.65. The molecule has 0 aromatic carbocycles.